The predicted molar refractivity (Wildman–Crippen MR) is 106 cm³/mol. The Kier molecular flexibility index (Phi) is 6.67. The summed E-state index contributed by atoms with van der Waals surface area (Å²) < 4.78 is 20.2. The minimum atomic E-state index is -0.735. The number of nitrogens with one attached hydrogen (secondary N) is 1. The number of aromatic nitrogens is 1. The summed E-state index contributed by atoms with van der Waals surface area (Å²) in [6.45, 7) is 4.47. The zero-order valence-electron chi connectivity index (χ0n) is 16.5. The highest BCUT2D eigenvalue weighted by molar-refractivity contribution is 5.77. The van der Waals surface area contributed by atoms with Gasteiger partial charge in [-0.25, -0.2) is 14.0 Å². The highest BCUT2D eigenvalue weighted by atomic mass is 19.1. The standard InChI is InChI=1S/C21H28FN3O3/c1-3-4-5-10-23-20(26)25-14-19(28-21(25)27)17-7-6-16(22)13-18(17)15-8-11-24(2)12-9-15/h6-7,13-15H,3-5,8-12H2,1-2H3,(H,23,26). The Balaban J connectivity index is 1.84. The van der Waals surface area contributed by atoms with Crippen LogP contribution in [-0.2, 0) is 0 Å². The van der Waals surface area contributed by atoms with Crippen LogP contribution in [0.1, 0.15) is 50.5 Å². The van der Waals surface area contributed by atoms with Gasteiger partial charge in [0.2, 0.25) is 0 Å². The number of amides is 1. The number of oxazole rings is 1. The lowest BCUT2D eigenvalue weighted by molar-refractivity contribution is 0.240. The van der Waals surface area contributed by atoms with Gasteiger partial charge in [0, 0.05) is 12.1 Å². The lowest BCUT2D eigenvalue weighted by Gasteiger charge is -2.30. The molecule has 1 amide bonds. The molecule has 0 saturated carbocycles. The first kappa shape index (κ1) is 20.3. The molecule has 0 radical (unpaired) electrons. The van der Waals surface area contributed by atoms with Gasteiger partial charge in [0.25, 0.3) is 0 Å². The van der Waals surface area contributed by atoms with Crippen molar-refractivity contribution >= 4 is 6.03 Å². The van der Waals surface area contributed by atoms with Crippen LogP contribution in [0.5, 0.6) is 0 Å². The number of hydrogen-bond donors (Lipinski definition) is 1. The van der Waals surface area contributed by atoms with E-state index < -0.39 is 11.8 Å². The van der Waals surface area contributed by atoms with Gasteiger partial charge < -0.3 is 14.6 Å². The maximum Gasteiger partial charge on any atom is 0.427 e. The molecule has 1 aromatic heterocycles. The fraction of sp³-hybridized carbons (Fsp3) is 0.524. The normalized spacial score (nSPS) is 15.7. The molecular weight excluding hydrogens is 361 g/mol. The third-order valence-corrected chi connectivity index (χ3v) is 5.35. The van der Waals surface area contributed by atoms with E-state index in [9.17, 15) is 14.0 Å². The van der Waals surface area contributed by atoms with Crippen LogP contribution in [-0.4, -0.2) is 42.2 Å². The van der Waals surface area contributed by atoms with Crippen LogP contribution in [0.2, 0.25) is 0 Å². The monoisotopic (exact) mass is 389 g/mol. The second kappa shape index (κ2) is 9.19. The van der Waals surface area contributed by atoms with Crippen molar-refractivity contribution in [2.24, 2.45) is 0 Å². The summed E-state index contributed by atoms with van der Waals surface area (Å²) in [5.74, 6) is -0.559. The molecule has 1 saturated heterocycles. The number of piperidine rings is 1. The Bertz CT molecular complexity index is 866. The number of likely N-dealkylation sites (tertiary alicyclic amines) is 1. The molecule has 0 spiro atoms. The molecule has 7 heteroatoms. The predicted octanol–water partition coefficient (Wildman–Crippen LogP) is 3.80. The Labute approximate surface area is 164 Å². The molecule has 1 aromatic carbocycles. The number of hydrogen-bond acceptors (Lipinski definition) is 4. The van der Waals surface area contributed by atoms with Crippen LogP contribution >= 0.6 is 0 Å². The van der Waals surface area contributed by atoms with Crippen LogP contribution in [0.4, 0.5) is 9.18 Å². The van der Waals surface area contributed by atoms with Crippen molar-refractivity contribution < 1.29 is 13.6 Å². The maximum absolute atomic E-state index is 13.9. The summed E-state index contributed by atoms with van der Waals surface area (Å²) in [7, 11) is 2.07. The molecule has 152 valence electrons. The fourth-order valence-corrected chi connectivity index (χ4v) is 3.68. The Hall–Kier alpha value is -2.41. The van der Waals surface area contributed by atoms with Gasteiger partial charge in [0.1, 0.15) is 5.82 Å². The molecule has 0 aliphatic carbocycles. The van der Waals surface area contributed by atoms with Crippen LogP contribution in [0.3, 0.4) is 0 Å². The smallest absolute Gasteiger partial charge is 0.407 e. The lowest BCUT2D eigenvalue weighted by atomic mass is 9.86. The number of benzene rings is 1. The van der Waals surface area contributed by atoms with E-state index in [1.807, 2.05) is 0 Å². The molecule has 0 bridgehead atoms. The summed E-state index contributed by atoms with van der Waals surface area (Å²) in [6.07, 6.45) is 6.16. The molecule has 0 atom stereocenters. The molecule has 28 heavy (non-hydrogen) atoms. The summed E-state index contributed by atoms with van der Waals surface area (Å²) in [4.78, 5) is 26.7. The quantitative estimate of drug-likeness (QED) is 0.763. The van der Waals surface area contributed by atoms with E-state index in [1.165, 1.54) is 18.3 Å². The summed E-state index contributed by atoms with van der Waals surface area (Å²) >= 11 is 0. The van der Waals surface area contributed by atoms with E-state index in [2.05, 4.69) is 24.2 Å². The van der Waals surface area contributed by atoms with Crippen molar-refractivity contribution in [3.8, 4) is 11.3 Å². The molecule has 1 aliphatic rings. The first-order valence-electron chi connectivity index (χ1n) is 9.98. The number of carbonyl (C=O) groups excluding carboxylic acids is 1. The minimum absolute atomic E-state index is 0.193. The molecule has 1 fully saturated rings. The second-order valence-electron chi connectivity index (χ2n) is 7.48. The number of rotatable bonds is 6. The first-order chi connectivity index (χ1) is 13.5. The summed E-state index contributed by atoms with van der Waals surface area (Å²) in [6, 6.07) is 4.01. The second-order valence-corrected chi connectivity index (χ2v) is 7.48. The summed E-state index contributed by atoms with van der Waals surface area (Å²) in [5, 5.41) is 2.73. The van der Waals surface area contributed by atoms with E-state index in [-0.39, 0.29) is 11.7 Å². The third kappa shape index (κ3) is 4.70. The number of nitrogens with zero attached hydrogens (tertiary/aromatic N) is 2. The highest BCUT2D eigenvalue weighted by Gasteiger charge is 2.24. The highest BCUT2D eigenvalue weighted by Crippen LogP contribution is 2.35. The average molecular weight is 389 g/mol. The van der Waals surface area contributed by atoms with Gasteiger partial charge in [0.05, 0.1) is 6.20 Å². The Morgan fingerprint density at radius 3 is 2.75 bits per heavy atom. The molecule has 1 aliphatic heterocycles. The molecular formula is C21H28FN3O3. The zero-order chi connectivity index (χ0) is 20.1. The number of unbranched alkanes of at least 4 members (excludes halogenated alkanes) is 2. The molecule has 3 rings (SSSR count). The van der Waals surface area contributed by atoms with Gasteiger partial charge >= 0.3 is 11.8 Å². The fourth-order valence-electron chi connectivity index (χ4n) is 3.68. The van der Waals surface area contributed by atoms with Crippen LogP contribution in [0.25, 0.3) is 11.3 Å². The van der Waals surface area contributed by atoms with Crippen molar-refractivity contribution in [1.29, 1.82) is 0 Å². The molecule has 0 unspecified atom stereocenters. The van der Waals surface area contributed by atoms with Crippen LogP contribution in [0.15, 0.2) is 33.6 Å². The largest absolute Gasteiger partial charge is 0.427 e. The van der Waals surface area contributed by atoms with Gasteiger partial charge in [-0.3, -0.25) is 0 Å². The van der Waals surface area contributed by atoms with Gasteiger partial charge in [-0.05, 0) is 69.1 Å². The molecule has 1 N–H and O–H groups in total. The topological polar surface area (TPSA) is 67.5 Å². The van der Waals surface area contributed by atoms with Crippen molar-refractivity contribution in [2.45, 2.75) is 44.9 Å². The van der Waals surface area contributed by atoms with E-state index in [0.29, 0.717) is 17.9 Å². The van der Waals surface area contributed by atoms with E-state index in [1.54, 1.807) is 6.07 Å². The van der Waals surface area contributed by atoms with Crippen molar-refractivity contribution in [3.63, 3.8) is 0 Å². The van der Waals surface area contributed by atoms with Gasteiger partial charge in [-0.1, -0.05) is 19.8 Å². The van der Waals surface area contributed by atoms with Crippen molar-refractivity contribution in [3.05, 3.63) is 46.3 Å². The maximum atomic E-state index is 13.9. The average Bonchev–Trinajstić information content (AvgIpc) is 3.07. The number of halogens is 1. The van der Waals surface area contributed by atoms with Gasteiger partial charge in [-0.2, -0.15) is 4.57 Å². The molecule has 2 aromatic rings. The minimum Gasteiger partial charge on any atom is -0.407 e. The first-order valence-corrected chi connectivity index (χ1v) is 9.98. The lowest BCUT2D eigenvalue weighted by Crippen LogP contribution is -2.34. The zero-order valence-corrected chi connectivity index (χ0v) is 16.5. The molecule has 6 nitrogen and oxygen atoms in total. The van der Waals surface area contributed by atoms with Crippen molar-refractivity contribution in [1.82, 2.24) is 14.8 Å². The molecule has 2 heterocycles. The van der Waals surface area contributed by atoms with E-state index in [4.69, 9.17) is 4.42 Å². The van der Waals surface area contributed by atoms with E-state index >= 15 is 0 Å². The third-order valence-electron chi connectivity index (χ3n) is 5.35. The van der Waals surface area contributed by atoms with Gasteiger partial charge in [0.15, 0.2) is 5.76 Å². The Morgan fingerprint density at radius 1 is 1.29 bits per heavy atom. The van der Waals surface area contributed by atoms with Crippen LogP contribution < -0.4 is 11.1 Å². The number of carbonyl (C=O) groups is 1. The Morgan fingerprint density at radius 2 is 2.04 bits per heavy atom. The SMILES string of the molecule is CCCCCNC(=O)n1cc(-c2ccc(F)cc2C2CCN(C)CC2)oc1=O. The van der Waals surface area contributed by atoms with Crippen LogP contribution in [0, 0.1) is 5.82 Å². The van der Waals surface area contributed by atoms with E-state index in [0.717, 1.165) is 55.3 Å². The summed E-state index contributed by atoms with van der Waals surface area (Å²) in [5.41, 5.74) is 1.50. The van der Waals surface area contributed by atoms with Crippen molar-refractivity contribution in [2.75, 3.05) is 26.7 Å². The van der Waals surface area contributed by atoms with Gasteiger partial charge in [-0.15, -0.1) is 0 Å².